The number of rotatable bonds is 2. The van der Waals surface area contributed by atoms with Gasteiger partial charge >= 0.3 is 0 Å². The van der Waals surface area contributed by atoms with Crippen LogP contribution in [0, 0.1) is 0 Å². The van der Waals surface area contributed by atoms with E-state index in [9.17, 15) is 5.11 Å². The van der Waals surface area contributed by atoms with Gasteiger partial charge in [-0.25, -0.2) is 0 Å². The molecule has 1 aliphatic heterocycles. The summed E-state index contributed by atoms with van der Waals surface area (Å²) in [4.78, 5) is 2.34. The third-order valence-electron chi connectivity index (χ3n) is 3.83. The monoisotopic (exact) mass is 199 g/mol. The Bertz CT molecular complexity index is 178. The maximum absolute atomic E-state index is 9.82. The second-order valence-electron chi connectivity index (χ2n) is 4.66. The van der Waals surface area contributed by atoms with E-state index < -0.39 is 0 Å². The number of hydrogen-bond donors (Lipinski definition) is 1. The van der Waals surface area contributed by atoms with E-state index in [2.05, 4.69) is 18.9 Å². The molecular formula is C11H21NO2. The second kappa shape index (κ2) is 4.17. The van der Waals surface area contributed by atoms with Crippen molar-refractivity contribution in [3.63, 3.8) is 0 Å². The van der Waals surface area contributed by atoms with Gasteiger partial charge in [0.05, 0.1) is 12.2 Å². The van der Waals surface area contributed by atoms with Gasteiger partial charge in [-0.15, -0.1) is 0 Å². The van der Waals surface area contributed by atoms with E-state index >= 15 is 0 Å². The van der Waals surface area contributed by atoms with Crippen LogP contribution in [0.5, 0.6) is 0 Å². The summed E-state index contributed by atoms with van der Waals surface area (Å²) < 4.78 is 5.56. The highest BCUT2D eigenvalue weighted by molar-refractivity contribution is 4.90. The molecule has 2 rings (SSSR count). The van der Waals surface area contributed by atoms with Gasteiger partial charge in [0.2, 0.25) is 0 Å². The summed E-state index contributed by atoms with van der Waals surface area (Å²) in [5, 5.41) is 9.82. The average molecular weight is 199 g/mol. The lowest BCUT2D eigenvalue weighted by molar-refractivity contribution is 0.0295. The Morgan fingerprint density at radius 1 is 1.21 bits per heavy atom. The number of aliphatic hydroxyl groups is 1. The van der Waals surface area contributed by atoms with Crippen LogP contribution in [0.25, 0.3) is 0 Å². The van der Waals surface area contributed by atoms with E-state index in [0.29, 0.717) is 18.2 Å². The number of hydrogen-bond acceptors (Lipinski definition) is 3. The third kappa shape index (κ3) is 1.81. The molecule has 0 amide bonds. The quantitative estimate of drug-likeness (QED) is 0.720. The predicted octanol–water partition coefficient (Wildman–Crippen LogP) is 1.01. The molecule has 0 aromatic carbocycles. The Balaban J connectivity index is 1.96. The van der Waals surface area contributed by atoms with Crippen molar-refractivity contribution in [2.75, 3.05) is 13.7 Å². The normalized spacial score (nSPS) is 43.7. The molecule has 1 N–H and O–H groups in total. The van der Waals surface area contributed by atoms with Crippen LogP contribution in [0.4, 0.5) is 0 Å². The minimum Gasteiger partial charge on any atom is -0.391 e. The molecule has 2 fully saturated rings. The van der Waals surface area contributed by atoms with Crippen molar-refractivity contribution in [3.05, 3.63) is 0 Å². The molecule has 2 unspecified atom stereocenters. The van der Waals surface area contributed by atoms with Crippen molar-refractivity contribution in [2.45, 2.75) is 56.9 Å². The van der Waals surface area contributed by atoms with Gasteiger partial charge in [0, 0.05) is 18.7 Å². The van der Waals surface area contributed by atoms with Crippen molar-refractivity contribution < 1.29 is 9.84 Å². The Kier molecular flexibility index (Phi) is 3.10. The van der Waals surface area contributed by atoms with Gasteiger partial charge in [0.15, 0.2) is 0 Å². The third-order valence-corrected chi connectivity index (χ3v) is 3.83. The molecule has 0 spiro atoms. The number of ether oxygens (including phenoxy) is 1. The van der Waals surface area contributed by atoms with Crippen molar-refractivity contribution in [3.8, 4) is 0 Å². The Morgan fingerprint density at radius 2 is 2.00 bits per heavy atom. The molecule has 82 valence electrons. The SMILES string of the molecule is CC1OCCC1N(C)[C@H]1CCC[C@@H]1O. The standard InChI is InChI=1S/C11H21NO2/c1-8-9(6-7-14-8)12(2)10-4-3-5-11(10)13/h8-11,13H,3-7H2,1-2H3/t8?,9?,10-,11-/m0/s1. The Morgan fingerprint density at radius 3 is 2.50 bits per heavy atom. The van der Waals surface area contributed by atoms with E-state index in [0.717, 1.165) is 32.3 Å². The van der Waals surface area contributed by atoms with Crippen molar-refractivity contribution in [2.24, 2.45) is 0 Å². The van der Waals surface area contributed by atoms with Crippen LogP contribution in [0.15, 0.2) is 0 Å². The Labute approximate surface area is 86.0 Å². The van der Waals surface area contributed by atoms with E-state index in [1.165, 1.54) is 0 Å². The molecule has 0 aromatic rings. The summed E-state index contributed by atoms with van der Waals surface area (Å²) in [5.41, 5.74) is 0. The van der Waals surface area contributed by atoms with Gasteiger partial charge in [-0.1, -0.05) is 0 Å². The van der Waals surface area contributed by atoms with Crippen LogP contribution in [-0.2, 0) is 4.74 Å². The zero-order chi connectivity index (χ0) is 10.1. The minimum absolute atomic E-state index is 0.118. The zero-order valence-electron chi connectivity index (χ0n) is 9.15. The van der Waals surface area contributed by atoms with Crippen molar-refractivity contribution in [1.82, 2.24) is 4.90 Å². The summed E-state index contributed by atoms with van der Waals surface area (Å²) in [5.74, 6) is 0. The van der Waals surface area contributed by atoms with Crippen LogP contribution in [-0.4, -0.2) is 48.0 Å². The molecule has 14 heavy (non-hydrogen) atoms. The van der Waals surface area contributed by atoms with Gasteiger partial charge in [0.1, 0.15) is 0 Å². The molecule has 1 saturated heterocycles. The van der Waals surface area contributed by atoms with E-state index in [-0.39, 0.29) is 6.10 Å². The van der Waals surface area contributed by atoms with Crippen LogP contribution in [0.2, 0.25) is 0 Å². The first-order chi connectivity index (χ1) is 6.70. The van der Waals surface area contributed by atoms with Crippen LogP contribution >= 0.6 is 0 Å². The van der Waals surface area contributed by atoms with Gasteiger partial charge in [-0.3, -0.25) is 4.90 Å². The highest BCUT2D eigenvalue weighted by atomic mass is 16.5. The molecule has 4 atom stereocenters. The average Bonchev–Trinajstić information content (AvgIpc) is 2.73. The molecule has 0 aromatic heterocycles. The minimum atomic E-state index is -0.118. The smallest absolute Gasteiger partial charge is 0.0703 e. The summed E-state index contributed by atoms with van der Waals surface area (Å²) in [6, 6.07) is 0.872. The van der Waals surface area contributed by atoms with E-state index in [4.69, 9.17) is 4.74 Å². The first-order valence-electron chi connectivity index (χ1n) is 5.71. The zero-order valence-corrected chi connectivity index (χ0v) is 9.15. The van der Waals surface area contributed by atoms with E-state index in [1.54, 1.807) is 0 Å². The largest absolute Gasteiger partial charge is 0.391 e. The molecule has 1 saturated carbocycles. The molecule has 2 aliphatic rings. The lowest BCUT2D eigenvalue weighted by Crippen LogP contribution is -2.46. The number of nitrogens with zero attached hydrogens (tertiary/aromatic N) is 1. The summed E-state index contributed by atoms with van der Waals surface area (Å²) >= 11 is 0. The van der Waals surface area contributed by atoms with Crippen LogP contribution < -0.4 is 0 Å². The van der Waals surface area contributed by atoms with Crippen LogP contribution in [0.1, 0.15) is 32.6 Å². The van der Waals surface area contributed by atoms with Crippen molar-refractivity contribution in [1.29, 1.82) is 0 Å². The Hall–Kier alpha value is -0.120. The number of aliphatic hydroxyl groups excluding tert-OH is 1. The predicted molar refractivity (Wildman–Crippen MR) is 55.2 cm³/mol. The summed E-state index contributed by atoms with van der Waals surface area (Å²) in [7, 11) is 2.13. The maximum atomic E-state index is 9.82. The van der Waals surface area contributed by atoms with E-state index in [1.807, 2.05) is 0 Å². The highest BCUT2D eigenvalue weighted by Crippen LogP contribution is 2.28. The van der Waals surface area contributed by atoms with Gasteiger partial charge in [0.25, 0.3) is 0 Å². The molecule has 0 radical (unpaired) electrons. The maximum Gasteiger partial charge on any atom is 0.0703 e. The lowest BCUT2D eigenvalue weighted by atomic mass is 10.1. The highest BCUT2D eigenvalue weighted by Gasteiger charge is 2.36. The van der Waals surface area contributed by atoms with Gasteiger partial charge in [-0.2, -0.15) is 0 Å². The van der Waals surface area contributed by atoms with Gasteiger partial charge < -0.3 is 9.84 Å². The molecule has 0 bridgehead atoms. The second-order valence-corrected chi connectivity index (χ2v) is 4.66. The molecule has 1 heterocycles. The summed E-state index contributed by atoms with van der Waals surface area (Å²) in [6.07, 6.45) is 4.59. The number of likely N-dealkylation sites (N-methyl/N-ethyl adjacent to an activating group) is 1. The van der Waals surface area contributed by atoms with Crippen molar-refractivity contribution >= 4 is 0 Å². The lowest BCUT2D eigenvalue weighted by Gasteiger charge is -2.33. The molecule has 3 nitrogen and oxygen atoms in total. The topological polar surface area (TPSA) is 32.7 Å². The molecule has 3 heteroatoms. The van der Waals surface area contributed by atoms with Crippen LogP contribution in [0.3, 0.4) is 0 Å². The fraction of sp³-hybridized carbons (Fsp3) is 1.00. The first kappa shape index (κ1) is 10.4. The molecular weight excluding hydrogens is 178 g/mol. The summed E-state index contributed by atoms with van der Waals surface area (Å²) in [6.45, 7) is 3.01. The first-order valence-corrected chi connectivity index (χ1v) is 5.71. The van der Waals surface area contributed by atoms with Gasteiger partial charge in [-0.05, 0) is 39.7 Å². The fourth-order valence-corrected chi connectivity index (χ4v) is 2.90. The fourth-order valence-electron chi connectivity index (χ4n) is 2.90. The molecule has 1 aliphatic carbocycles.